The Bertz CT molecular complexity index is 1930. The van der Waals surface area contributed by atoms with Gasteiger partial charge >= 0.3 is 18.2 Å². The number of rotatable bonds is 5. The summed E-state index contributed by atoms with van der Waals surface area (Å²) in [5.41, 5.74) is -1.59. The van der Waals surface area contributed by atoms with E-state index in [0.717, 1.165) is 64.2 Å². The Morgan fingerprint density at radius 1 is 0.644 bits per heavy atom. The maximum atomic E-state index is 14.0. The summed E-state index contributed by atoms with van der Waals surface area (Å²) in [7, 11) is 0. The lowest BCUT2D eigenvalue weighted by molar-refractivity contribution is -0.149. The summed E-state index contributed by atoms with van der Waals surface area (Å²) in [5.74, 6) is -1.37. The molecule has 2 aliphatic carbocycles. The van der Waals surface area contributed by atoms with E-state index in [0.29, 0.717) is 39.1 Å². The van der Waals surface area contributed by atoms with E-state index in [1.807, 2.05) is 0 Å². The Kier molecular flexibility index (Phi) is 20.5. The number of aliphatic hydroxyl groups excluding tert-OH is 1. The van der Waals surface area contributed by atoms with Gasteiger partial charge in [-0.2, -0.15) is 0 Å². The highest BCUT2D eigenvalue weighted by Crippen LogP contribution is 2.66. The summed E-state index contributed by atoms with van der Waals surface area (Å²) in [6, 6.07) is -4.46. The lowest BCUT2D eigenvalue weighted by atomic mass is 9.98. The quantitative estimate of drug-likeness (QED) is 0.163. The second-order valence-corrected chi connectivity index (χ2v) is 24.5. The summed E-state index contributed by atoms with van der Waals surface area (Å²) < 4.78 is 28.1. The number of nitrogens with one attached hydrogen (secondary N) is 4. The molecular formula is C54H92N6O13. The van der Waals surface area contributed by atoms with Gasteiger partial charge in [0.15, 0.2) is 0 Å². The molecule has 6 rings (SSSR count). The number of carbonyl (C=O) groups excluding carboxylic acids is 7. The summed E-state index contributed by atoms with van der Waals surface area (Å²) in [4.78, 5) is 96.2. The molecular weight excluding hydrogens is 941 g/mol. The molecule has 4 saturated heterocycles. The van der Waals surface area contributed by atoms with Gasteiger partial charge in [-0.05, 0) is 122 Å². The molecule has 4 heterocycles. The first kappa shape index (κ1) is 59.6. The molecule has 5 N–H and O–H groups in total. The normalized spacial score (nSPS) is 33.4. The van der Waals surface area contributed by atoms with Gasteiger partial charge in [0.2, 0.25) is 23.6 Å². The van der Waals surface area contributed by atoms with E-state index >= 15 is 0 Å². The number of nitrogens with zero attached hydrogens (tertiary/aromatic N) is 2. The first-order valence-electron chi connectivity index (χ1n) is 27.4. The summed E-state index contributed by atoms with van der Waals surface area (Å²) in [6.45, 7) is 26.2. The van der Waals surface area contributed by atoms with Crippen molar-refractivity contribution in [3.63, 3.8) is 0 Å². The zero-order valence-corrected chi connectivity index (χ0v) is 46.4. The minimum absolute atomic E-state index is 0.0356. The van der Waals surface area contributed by atoms with E-state index < -0.39 is 71.8 Å². The fraction of sp³-hybridized carbons (Fsp3) is 0.870. The molecule has 12 atom stereocenters. The molecule has 416 valence electrons. The van der Waals surface area contributed by atoms with Gasteiger partial charge in [-0.15, -0.1) is 0 Å². The van der Waals surface area contributed by atoms with Crippen LogP contribution in [0.5, 0.6) is 0 Å². The predicted octanol–water partition coefficient (Wildman–Crippen LogP) is 5.77. The van der Waals surface area contributed by atoms with Crippen LogP contribution >= 0.6 is 0 Å². The van der Waals surface area contributed by atoms with Gasteiger partial charge in [-0.1, -0.05) is 79.1 Å². The number of aliphatic hydroxyl groups is 1. The van der Waals surface area contributed by atoms with Crippen molar-refractivity contribution >= 4 is 41.8 Å². The number of hydrogen-bond donors (Lipinski definition) is 5. The molecule has 0 bridgehead atoms. The third-order valence-electron chi connectivity index (χ3n) is 15.9. The average molecular weight is 1030 g/mol. The fourth-order valence-electron chi connectivity index (χ4n) is 11.6. The molecule has 0 aromatic rings. The van der Waals surface area contributed by atoms with Crippen molar-refractivity contribution in [3.8, 4) is 0 Å². The summed E-state index contributed by atoms with van der Waals surface area (Å²) in [5, 5.41) is 21.2. The van der Waals surface area contributed by atoms with Gasteiger partial charge in [0.1, 0.15) is 41.4 Å². The SMILES string of the molecule is CCOC(=O)[C@@H]1CCCCCCCO[C@@H](C)[C@H](NC(=O)OC(C)(C)C)C(=O)N2C[C@H]3[C@@H]([C@H]2C(=O)N1)C3(C)C.C[C@@H]1OCCCCCCC[C@@H](CO)NC(=O)[C@@H]2[C@@H]3[C@H](CN2C(=O)[C@H]1NC(=O)OC(C)(C)C)C3(C)C. The van der Waals surface area contributed by atoms with Crippen LogP contribution in [-0.2, 0) is 47.7 Å². The Labute approximate surface area is 434 Å². The molecule has 0 spiro atoms. The molecule has 19 heteroatoms. The number of carbonyl (C=O) groups is 7. The highest BCUT2D eigenvalue weighted by atomic mass is 16.6. The minimum Gasteiger partial charge on any atom is -0.464 e. The molecule has 4 aliphatic heterocycles. The van der Waals surface area contributed by atoms with Crippen LogP contribution < -0.4 is 21.3 Å². The molecule has 2 saturated carbocycles. The van der Waals surface area contributed by atoms with Crippen LogP contribution in [0.15, 0.2) is 0 Å². The molecule has 0 radical (unpaired) electrons. The van der Waals surface area contributed by atoms with Crippen LogP contribution in [0.25, 0.3) is 0 Å². The van der Waals surface area contributed by atoms with Crippen molar-refractivity contribution in [3.05, 3.63) is 0 Å². The van der Waals surface area contributed by atoms with Gasteiger partial charge in [-0.3, -0.25) is 19.2 Å². The van der Waals surface area contributed by atoms with Crippen molar-refractivity contribution in [2.45, 2.75) is 227 Å². The molecule has 6 fully saturated rings. The predicted molar refractivity (Wildman–Crippen MR) is 273 cm³/mol. The van der Waals surface area contributed by atoms with E-state index in [1.54, 1.807) is 72.1 Å². The Balaban J connectivity index is 0.000000272. The molecule has 0 unspecified atom stereocenters. The average Bonchev–Trinajstić information content (AvgIpc) is 3.74. The standard InChI is InChI=1S/C28H47N3O7.C26H45N3O6/c1-8-36-25(34)19-14-12-10-9-11-13-15-37-17(2)21(30-26(35)38-27(3,4)5)24(33)31-16-18-20(28(18,6)7)22(31)23(32)29-19;1-16-20(28-24(33)35-25(2,3)4)23(32)29-14-18-19(26(18,5)6)21(29)22(31)27-17(15-30)12-10-8-7-9-11-13-34-16/h17-22H,8-16H2,1-7H3,(H,29,32)(H,30,35);16-21,30H,7-15H2,1-6H3,(H,27,31)(H,28,33)/t17-,18-,19-,20-,21-,22-;16-,17-,18-,19-,20-,21-/m00/s1. The number of fused-ring (bicyclic) bond motifs is 6. The second kappa shape index (κ2) is 25.1. The topological polar surface area (TPSA) is 240 Å². The van der Waals surface area contributed by atoms with Gasteiger partial charge in [0, 0.05) is 26.3 Å². The van der Waals surface area contributed by atoms with Crippen molar-refractivity contribution in [1.29, 1.82) is 0 Å². The van der Waals surface area contributed by atoms with Crippen LogP contribution in [0.1, 0.15) is 167 Å². The first-order valence-corrected chi connectivity index (χ1v) is 27.4. The lowest BCUT2D eigenvalue weighted by Crippen LogP contribution is -2.60. The first-order chi connectivity index (χ1) is 34.1. The number of piperidine rings is 2. The fourth-order valence-corrected chi connectivity index (χ4v) is 11.6. The Hall–Kier alpha value is -4.23. The smallest absolute Gasteiger partial charge is 0.408 e. The van der Waals surface area contributed by atoms with E-state index in [1.165, 1.54) is 0 Å². The van der Waals surface area contributed by atoms with Crippen LogP contribution in [-0.4, -0.2) is 156 Å². The third-order valence-corrected chi connectivity index (χ3v) is 15.9. The third kappa shape index (κ3) is 15.7. The monoisotopic (exact) mass is 1030 g/mol. The van der Waals surface area contributed by atoms with Crippen LogP contribution in [0.2, 0.25) is 0 Å². The van der Waals surface area contributed by atoms with Gasteiger partial charge in [0.25, 0.3) is 0 Å². The number of alkyl carbamates (subject to hydrolysis) is 2. The number of esters is 1. The van der Waals surface area contributed by atoms with Crippen molar-refractivity contribution in [2.75, 3.05) is 39.5 Å². The zero-order valence-electron chi connectivity index (χ0n) is 46.4. The second-order valence-electron chi connectivity index (χ2n) is 24.5. The van der Waals surface area contributed by atoms with Gasteiger partial charge in [0.05, 0.1) is 31.5 Å². The van der Waals surface area contributed by atoms with Gasteiger partial charge in [-0.25, -0.2) is 14.4 Å². The molecule has 6 amide bonds. The lowest BCUT2D eigenvalue weighted by Gasteiger charge is -2.35. The highest BCUT2D eigenvalue weighted by Gasteiger charge is 2.71. The van der Waals surface area contributed by atoms with Gasteiger partial charge < -0.3 is 59.9 Å². The number of ether oxygens (including phenoxy) is 5. The summed E-state index contributed by atoms with van der Waals surface area (Å²) >= 11 is 0. The molecule has 0 aromatic carbocycles. The summed E-state index contributed by atoms with van der Waals surface area (Å²) in [6.07, 6.45) is 7.87. The highest BCUT2D eigenvalue weighted by molar-refractivity contribution is 5.95. The van der Waals surface area contributed by atoms with E-state index in [2.05, 4.69) is 49.0 Å². The maximum absolute atomic E-state index is 14.0. The van der Waals surface area contributed by atoms with Crippen molar-refractivity contribution in [1.82, 2.24) is 31.1 Å². The van der Waals surface area contributed by atoms with Crippen LogP contribution in [0.4, 0.5) is 9.59 Å². The molecule has 0 aromatic heterocycles. The van der Waals surface area contributed by atoms with Crippen LogP contribution in [0.3, 0.4) is 0 Å². The van der Waals surface area contributed by atoms with E-state index in [4.69, 9.17) is 23.7 Å². The largest absolute Gasteiger partial charge is 0.464 e. The Morgan fingerprint density at radius 2 is 1.04 bits per heavy atom. The number of hydrogen-bond acceptors (Lipinski definition) is 13. The van der Waals surface area contributed by atoms with E-state index in [-0.39, 0.29) is 77.4 Å². The van der Waals surface area contributed by atoms with Crippen molar-refractivity contribution in [2.24, 2.45) is 34.5 Å². The Morgan fingerprint density at radius 3 is 1.45 bits per heavy atom. The number of amides is 6. The maximum Gasteiger partial charge on any atom is 0.408 e. The van der Waals surface area contributed by atoms with E-state index in [9.17, 15) is 38.7 Å². The zero-order chi connectivity index (χ0) is 54.2. The molecule has 6 aliphatic rings. The minimum atomic E-state index is -1.02. The molecule has 73 heavy (non-hydrogen) atoms. The van der Waals surface area contributed by atoms with Crippen molar-refractivity contribution < 1.29 is 62.4 Å². The van der Waals surface area contributed by atoms with Crippen LogP contribution in [0, 0.1) is 34.5 Å². The molecule has 19 nitrogen and oxygen atoms in total.